The Kier molecular flexibility index (Phi) is 4.91. The van der Waals surface area contributed by atoms with Crippen molar-refractivity contribution < 1.29 is 0 Å². The van der Waals surface area contributed by atoms with Gasteiger partial charge in [-0.15, -0.1) is 22.7 Å². The fraction of sp³-hybridized carbons (Fsp3) is 0.0857. The summed E-state index contributed by atoms with van der Waals surface area (Å²) < 4.78 is 3.69. The summed E-state index contributed by atoms with van der Waals surface area (Å²) in [7, 11) is 0. The Morgan fingerprint density at radius 2 is 1.05 bits per heavy atom. The molecule has 1 aliphatic heterocycles. The molecule has 8 rings (SSSR count). The molecule has 0 aliphatic carbocycles. The quantitative estimate of drug-likeness (QED) is 0.190. The lowest BCUT2D eigenvalue weighted by atomic mass is 9.73. The lowest BCUT2D eigenvalue weighted by molar-refractivity contribution is 0.632. The van der Waals surface area contributed by atoms with Gasteiger partial charge < -0.3 is 4.90 Å². The smallest absolute Gasteiger partial charge is 0.195 e. The van der Waals surface area contributed by atoms with Gasteiger partial charge in [-0.3, -0.25) is 9.59 Å². The molecule has 0 bridgehead atoms. The molecule has 7 aromatic rings. The van der Waals surface area contributed by atoms with E-state index in [1.807, 2.05) is 42.5 Å². The fourth-order valence-electron chi connectivity index (χ4n) is 6.22. The predicted molar refractivity (Wildman–Crippen MR) is 172 cm³/mol. The molecule has 1 aliphatic rings. The molecule has 0 spiro atoms. The molecule has 0 amide bonds. The summed E-state index contributed by atoms with van der Waals surface area (Å²) in [6.45, 7) is 4.56. The molecular formula is C35H23NO2S2. The minimum atomic E-state index is -0.131. The highest BCUT2D eigenvalue weighted by Crippen LogP contribution is 2.51. The van der Waals surface area contributed by atoms with E-state index in [0.717, 1.165) is 35.9 Å². The number of hydrogen-bond acceptors (Lipinski definition) is 5. The number of nitrogens with zero attached hydrogens (tertiary/aromatic N) is 1. The zero-order valence-corrected chi connectivity index (χ0v) is 23.5. The minimum Gasteiger partial charge on any atom is -0.310 e. The Bertz CT molecular complexity index is 2260. The van der Waals surface area contributed by atoms with Gasteiger partial charge in [0, 0.05) is 51.4 Å². The van der Waals surface area contributed by atoms with E-state index in [0.29, 0.717) is 21.5 Å². The second kappa shape index (κ2) is 8.34. The highest BCUT2D eigenvalue weighted by Gasteiger charge is 2.36. The zero-order chi connectivity index (χ0) is 27.2. The van der Waals surface area contributed by atoms with E-state index >= 15 is 0 Å². The van der Waals surface area contributed by atoms with Crippen LogP contribution in [0.25, 0.3) is 40.3 Å². The first-order valence-electron chi connectivity index (χ1n) is 13.3. The number of rotatable bonds is 1. The predicted octanol–water partition coefficient (Wildman–Crippen LogP) is 9.25. The topological polar surface area (TPSA) is 37.4 Å². The average Bonchev–Trinajstić information content (AvgIpc) is 2.97. The van der Waals surface area contributed by atoms with Crippen LogP contribution in [0.5, 0.6) is 0 Å². The molecule has 0 fully saturated rings. The van der Waals surface area contributed by atoms with Gasteiger partial charge in [0.1, 0.15) is 0 Å². The van der Waals surface area contributed by atoms with Crippen LogP contribution in [-0.2, 0) is 5.41 Å². The highest BCUT2D eigenvalue weighted by atomic mass is 32.1. The van der Waals surface area contributed by atoms with Gasteiger partial charge in [-0.2, -0.15) is 0 Å². The van der Waals surface area contributed by atoms with Crippen molar-refractivity contribution in [2.24, 2.45) is 0 Å². The summed E-state index contributed by atoms with van der Waals surface area (Å²) in [5.74, 6) is 0. The SMILES string of the molecule is CC1(C)c2ccccc2N(c2ccc3c(=O)c4cc5c(=O)c6ccccc6sc5cc4sc3c2)c2ccccc21. The monoisotopic (exact) mass is 553 g/mol. The van der Waals surface area contributed by atoms with Gasteiger partial charge in [-0.25, -0.2) is 0 Å². The first-order valence-corrected chi connectivity index (χ1v) is 14.9. The summed E-state index contributed by atoms with van der Waals surface area (Å²) >= 11 is 3.21. The Balaban J connectivity index is 1.38. The minimum absolute atomic E-state index is 0.0172. The van der Waals surface area contributed by atoms with Crippen molar-refractivity contribution in [3.8, 4) is 0 Å². The maximum Gasteiger partial charge on any atom is 0.195 e. The molecule has 192 valence electrons. The summed E-state index contributed by atoms with van der Waals surface area (Å²) in [5.41, 5.74) is 5.70. The third-order valence-electron chi connectivity index (χ3n) is 8.25. The van der Waals surface area contributed by atoms with Gasteiger partial charge in [-0.1, -0.05) is 62.4 Å². The van der Waals surface area contributed by atoms with Gasteiger partial charge in [0.2, 0.25) is 0 Å². The van der Waals surface area contributed by atoms with E-state index in [1.165, 1.54) is 11.1 Å². The van der Waals surface area contributed by atoms with Crippen LogP contribution in [0.15, 0.2) is 113 Å². The third kappa shape index (κ3) is 3.22. The van der Waals surface area contributed by atoms with Crippen LogP contribution in [0, 0.1) is 0 Å². The molecule has 3 nitrogen and oxygen atoms in total. The lowest BCUT2D eigenvalue weighted by Crippen LogP contribution is -2.30. The standard InChI is InChI=1S/C35H23NO2S2/c1-35(2)25-10-4-6-12-27(25)36(28-13-7-5-11-26(28)35)20-15-16-22-30(17-20)40-32-19-31-23(18-24(32)34(22)38)33(37)21-9-3-8-14-29(21)39-31/h3-19H,1-2H3. The Labute approximate surface area is 238 Å². The van der Waals surface area contributed by atoms with Crippen LogP contribution in [0.3, 0.4) is 0 Å². The van der Waals surface area contributed by atoms with E-state index in [1.54, 1.807) is 28.7 Å². The van der Waals surface area contributed by atoms with Crippen LogP contribution >= 0.6 is 22.7 Å². The Morgan fingerprint density at radius 1 is 0.525 bits per heavy atom. The number of para-hydroxylation sites is 2. The van der Waals surface area contributed by atoms with Crippen LogP contribution < -0.4 is 15.8 Å². The largest absolute Gasteiger partial charge is 0.310 e. The summed E-state index contributed by atoms with van der Waals surface area (Å²) in [5, 5.41) is 2.59. The molecule has 2 aromatic heterocycles. The van der Waals surface area contributed by atoms with Crippen molar-refractivity contribution in [3.05, 3.63) is 135 Å². The van der Waals surface area contributed by atoms with Gasteiger partial charge in [0.25, 0.3) is 0 Å². The van der Waals surface area contributed by atoms with Crippen LogP contribution in [0.2, 0.25) is 0 Å². The zero-order valence-electron chi connectivity index (χ0n) is 21.9. The van der Waals surface area contributed by atoms with Gasteiger partial charge >= 0.3 is 0 Å². The van der Waals surface area contributed by atoms with E-state index in [4.69, 9.17) is 0 Å². The molecule has 3 heterocycles. The van der Waals surface area contributed by atoms with Crippen LogP contribution in [0.1, 0.15) is 25.0 Å². The average molecular weight is 554 g/mol. The van der Waals surface area contributed by atoms with Crippen molar-refractivity contribution in [1.82, 2.24) is 0 Å². The second-order valence-electron chi connectivity index (χ2n) is 10.9. The van der Waals surface area contributed by atoms with Crippen LogP contribution in [0.4, 0.5) is 17.1 Å². The lowest BCUT2D eigenvalue weighted by Gasteiger charge is -2.42. The number of anilines is 3. The molecule has 5 aromatic carbocycles. The van der Waals surface area contributed by atoms with E-state index in [9.17, 15) is 9.59 Å². The fourth-order valence-corrected chi connectivity index (χ4v) is 8.52. The maximum atomic E-state index is 13.8. The van der Waals surface area contributed by atoms with E-state index in [2.05, 4.69) is 73.3 Å². The summed E-state index contributed by atoms with van der Waals surface area (Å²) in [6.07, 6.45) is 0. The number of hydrogen-bond donors (Lipinski definition) is 0. The van der Waals surface area contributed by atoms with Crippen LogP contribution in [-0.4, -0.2) is 0 Å². The number of fused-ring (bicyclic) bond motifs is 6. The first kappa shape index (κ1) is 23.6. The van der Waals surface area contributed by atoms with Crippen molar-refractivity contribution in [2.45, 2.75) is 19.3 Å². The Morgan fingerprint density at radius 3 is 1.73 bits per heavy atom. The maximum absolute atomic E-state index is 13.8. The molecule has 0 atom stereocenters. The molecule has 0 saturated heterocycles. The molecule has 5 heteroatoms. The van der Waals surface area contributed by atoms with Gasteiger partial charge in [0.05, 0.1) is 11.4 Å². The highest BCUT2D eigenvalue weighted by molar-refractivity contribution is 7.26. The molecule has 0 unspecified atom stereocenters. The van der Waals surface area contributed by atoms with Crippen molar-refractivity contribution in [1.29, 1.82) is 0 Å². The third-order valence-corrected chi connectivity index (χ3v) is 10.5. The first-order chi connectivity index (χ1) is 19.4. The summed E-state index contributed by atoms with van der Waals surface area (Å²) in [6, 6.07) is 34.8. The van der Waals surface area contributed by atoms with Crippen molar-refractivity contribution >= 4 is 80.1 Å². The summed E-state index contributed by atoms with van der Waals surface area (Å²) in [4.78, 5) is 29.4. The molecular weight excluding hydrogens is 531 g/mol. The van der Waals surface area contributed by atoms with Crippen molar-refractivity contribution in [3.63, 3.8) is 0 Å². The van der Waals surface area contributed by atoms with Gasteiger partial charge in [-0.05, 0) is 65.7 Å². The van der Waals surface area contributed by atoms with E-state index < -0.39 is 0 Å². The molecule has 0 N–H and O–H groups in total. The molecule has 0 saturated carbocycles. The van der Waals surface area contributed by atoms with Gasteiger partial charge in [0.15, 0.2) is 10.9 Å². The molecule has 0 radical (unpaired) electrons. The normalized spacial score (nSPS) is 14.1. The second-order valence-corrected chi connectivity index (χ2v) is 13.0. The Hall–Kier alpha value is -4.32. The molecule has 40 heavy (non-hydrogen) atoms. The van der Waals surface area contributed by atoms with Crippen molar-refractivity contribution in [2.75, 3.05) is 4.90 Å². The number of benzene rings is 5. The van der Waals surface area contributed by atoms with E-state index in [-0.39, 0.29) is 16.3 Å².